The summed E-state index contributed by atoms with van der Waals surface area (Å²) in [6, 6.07) is -1.37. The van der Waals surface area contributed by atoms with Crippen LogP contribution in [-0.2, 0) is 19.4 Å². The first-order chi connectivity index (χ1) is 7.52. The molecular formula is C9H15NO6S. The molecule has 1 aliphatic rings. The standard InChI is InChI=1S/C9H15NO6S/c1-9(2,3)16-8(13)10-5-17(14,15)4-6(10)7(11)12/h6H,4-5H2,1-3H3,(H,11,12)/t6-/m0/s1. The van der Waals surface area contributed by atoms with Gasteiger partial charge >= 0.3 is 12.1 Å². The largest absolute Gasteiger partial charge is 0.480 e. The number of nitrogens with zero attached hydrogens (tertiary/aromatic N) is 1. The number of aliphatic carboxylic acids is 1. The summed E-state index contributed by atoms with van der Waals surface area (Å²) >= 11 is 0. The lowest BCUT2D eigenvalue weighted by molar-refractivity contribution is -0.141. The van der Waals surface area contributed by atoms with E-state index in [-0.39, 0.29) is 0 Å². The zero-order chi connectivity index (χ0) is 13.4. The van der Waals surface area contributed by atoms with Crippen LogP contribution in [0.3, 0.4) is 0 Å². The lowest BCUT2D eigenvalue weighted by Gasteiger charge is -2.25. The summed E-state index contributed by atoms with van der Waals surface area (Å²) in [6.45, 7) is 4.85. The Morgan fingerprint density at radius 3 is 2.29 bits per heavy atom. The predicted octanol–water partition coefficient (Wildman–Crippen LogP) is 0.0626. The Morgan fingerprint density at radius 1 is 1.35 bits per heavy atom. The molecule has 8 heteroatoms. The average molecular weight is 265 g/mol. The number of sulfone groups is 1. The normalized spacial score (nSPS) is 23.5. The van der Waals surface area contributed by atoms with Crippen molar-refractivity contribution in [1.29, 1.82) is 0 Å². The van der Waals surface area contributed by atoms with Crippen molar-refractivity contribution in [2.75, 3.05) is 11.6 Å². The van der Waals surface area contributed by atoms with Gasteiger partial charge in [0.05, 0.1) is 5.75 Å². The quantitative estimate of drug-likeness (QED) is 0.719. The van der Waals surface area contributed by atoms with Crippen molar-refractivity contribution in [2.24, 2.45) is 0 Å². The molecule has 0 saturated carbocycles. The van der Waals surface area contributed by atoms with Gasteiger partial charge in [-0.05, 0) is 20.8 Å². The molecule has 0 radical (unpaired) electrons. The minimum Gasteiger partial charge on any atom is -0.480 e. The molecule has 0 aliphatic carbocycles. The van der Waals surface area contributed by atoms with Crippen molar-refractivity contribution >= 4 is 21.9 Å². The Morgan fingerprint density at radius 2 is 1.88 bits per heavy atom. The van der Waals surface area contributed by atoms with Crippen LogP contribution in [0.25, 0.3) is 0 Å². The van der Waals surface area contributed by atoms with Crippen molar-refractivity contribution in [2.45, 2.75) is 32.4 Å². The minimum absolute atomic E-state index is 0.568. The summed E-state index contributed by atoms with van der Waals surface area (Å²) in [7, 11) is -3.55. The number of ether oxygens (including phenoxy) is 1. The third-order valence-electron chi connectivity index (χ3n) is 2.04. The first-order valence-corrected chi connectivity index (χ1v) is 6.77. The first kappa shape index (κ1) is 13.8. The van der Waals surface area contributed by atoms with Crippen molar-refractivity contribution in [1.82, 2.24) is 4.90 Å². The molecule has 1 amide bonds. The smallest absolute Gasteiger partial charge is 0.411 e. The summed E-state index contributed by atoms with van der Waals surface area (Å²) in [5, 5.41) is 8.85. The van der Waals surface area contributed by atoms with E-state index in [0.717, 1.165) is 4.90 Å². The van der Waals surface area contributed by atoms with E-state index in [1.165, 1.54) is 0 Å². The van der Waals surface area contributed by atoms with Crippen LogP contribution in [0.15, 0.2) is 0 Å². The molecule has 1 rings (SSSR count). The van der Waals surface area contributed by atoms with E-state index in [1.54, 1.807) is 20.8 Å². The second kappa shape index (κ2) is 4.17. The Balaban J connectivity index is 2.89. The fourth-order valence-electron chi connectivity index (χ4n) is 1.39. The highest BCUT2D eigenvalue weighted by Gasteiger charge is 2.44. The number of amides is 1. The topological polar surface area (TPSA) is 101 Å². The zero-order valence-corrected chi connectivity index (χ0v) is 10.7. The third kappa shape index (κ3) is 3.58. The monoisotopic (exact) mass is 265 g/mol. The molecule has 0 spiro atoms. The fraction of sp³-hybridized carbons (Fsp3) is 0.778. The fourth-order valence-corrected chi connectivity index (χ4v) is 3.01. The van der Waals surface area contributed by atoms with E-state index < -0.39 is 45.2 Å². The predicted molar refractivity (Wildman–Crippen MR) is 58.2 cm³/mol. The summed E-state index contributed by atoms with van der Waals surface area (Å²) in [5.41, 5.74) is -0.799. The van der Waals surface area contributed by atoms with E-state index in [4.69, 9.17) is 9.84 Å². The maximum Gasteiger partial charge on any atom is 0.411 e. The van der Waals surface area contributed by atoms with Gasteiger partial charge in [0.15, 0.2) is 9.84 Å². The Bertz CT molecular complexity index is 435. The zero-order valence-electron chi connectivity index (χ0n) is 9.84. The van der Waals surface area contributed by atoms with Gasteiger partial charge in [-0.3, -0.25) is 4.90 Å². The molecule has 0 unspecified atom stereocenters. The lowest BCUT2D eigenvalue weighted by Crippen LogP contribution is -2.44. The van der Waals surface area contributed by atoms with Crippen molar-refractivity contribution in [3.63, 3.8) is 0 Å². The molecule has 0 bridgehead atoms. The van der Waals surface area contributed by atoms with Crippen LogP contribution < -0.4 is 0 Å². The Kier molecular flexibility index (Phi) is 3.37. The maximum atomic E-state index is 11.6. The van der Waals surface area contributed by atoms with Crippen LogP contribution in [0.2, 0.25) is 0 Å². The summed E-state index contributed by atoms with van der Waals surface area (Å²) in [6.07, 6.45) is -0.925. The van der Waals surface area contributed by atoms with Crippen molar-refractivity contribution in [3.8, 4) is 0 Å². The number of carbonyl (C=O) groups excluding carboxylic acids is 1. The molecule has 17 heavy (non-hydrogen) atoms. The molecule has 0 aromatic heterocycles. The van der Waals surface area contributed by atoms with E-state index in [0.29, 0.717) is 0 Å². The first-order valence-electron chi connectivity index (χ1n) is 4.95. The SMILES string of the molecule is CC(C)(C)OC(=O)N1CS(=O)(=O)C[C@H]1C(=O)O. The molecule has 1 aliphatic heterocycles. The van der Waals surface area contributed by atoms with Gasteiger partial charge in [-0.1, -0.05) is 0 Å². The average Bonchev–Trinajstić information content (AvgIpc) is 2.38. The van der Waals surface area contributed by atoms with Crippen LogP contribution in [0.4, 0.5) is 4.79 Å². The number of carbonyl (C=O) groups is 2. The van der Waals surface area contributed by atoms with Crippen LogP contribution >= 0.6 is 0 Å². The van der Waals surface area contributed by atoms with Crippen LogP contribution in [0.1, 0.15) is 20.8 Å². The van der Waals surface area contributed by atoms with Gasteiger partial charge < -0.3 is 9.84 Å². The summed E-state index contributed by atoms with van der Waals surface area (Å²) in [4.78, 5) is 23.2. The third-order valence-corrected chi connectivity index (χ3v) is 3.53. The second-order valence-corrected chi connectivity index (χ2v) is 6.92. The molecule has 0 aromatic rings. The Labute approximate surface area is 99.3 Å². The summed E-state index contributed by atoms with van der Waals surface area (Å²) in [5.74, 6) is -2.53. The molecule has 1 fully saturated rings. The van der Waals surface area contributed by atoms with Gasteiger partial charge in [-0.15, -0.1) is 0 Å². The van der Waals surface area contributed by atoms with Gasteiger partial charge in [0, 0.05) is 0 Å². The van der Waals surface area contributed by atoms with Crippen LogP contribution in [-0.4, -0.2) is 53.8 Å². The minimum atomic E-state index is -3.55. The van der Waals surface area contributed by atoms with E-state index in [9.17, 15) is 18.0 Å². The second-order valence-electron chi connectivity index (χ2n) is 4.84. The molecule has 1 atom stereocenters. The highest BCUT2D eigenvalue weighted by atomic mass is 32.2. The van der Waals surface area contributed by atoms with Gasteiger partial charge in [0.1, 0.15) is 17.5 Å². The molecule has 1 heterocycles. The Hall–Kier alpha value is -1.31. The number of rotatable bonds is 1. The van der Waals surface area contributed by atoms with Gasteiger partial charge in [0.2, 0.25) is 0 Å². The molecule has 1 N–H and O–H groups in total. The molecule has 0 aromatic carbocycles. The number of hydrogen-bond donors (Lipinski definition) is 1. The van der Waals surface area contributed by atoms with Gasteiger partial charge in [-0.25, -0.2) is 18.0 Å². The lowest BCUT2D eigenvalue weighted by atomic mass is 10.2. The van der Waals surface area contributed by atoms with Crippen LogP contribution in [0.5, 0.6) is 0 Å². The summed E-state index contributed by atoms with van der Waals surface area (Å²) < 4.78 is 27.6. The number of hydrogen-bond acceptors (Lipinski definition) is 5. The van der Waals surface area contributed by atoms with E-state index in [1.807, 2.05) is 0 Å². The molecular weight excluding hydrogens is 250 g/mol. The number of carboxylic acids is 1. The van der Waals surface area contributed by atoms with Crippen molar-refractivity contribution in [3.05, 3.63) is 0 Å². The number of carboxylic acid groups (broad SMARTS) is 1. The molecule has 7 nitrogen and oxygen atoms in total. The van der Waals surface area contributed by atoms with Gasteiger partial charge in [0.25, 0.3) is 0 Å². The molecule has 98 valence electrons. The highest BCUT2D eigenvalue weighted by molar-refractivity contribution is 7.91. The van der Waals surface area contributed by atoms with E-state index in [2.05, 4.69) is 0 Å². The van der Waals surface area contributed by atoms with Crippen LogP contribution in [0, 0.1) is 0 Å². The van der Waals surface area contributed by atoms with E-state index >= 15 is 0 Å². The van der Waals surface area contributed by atoms with Crippen molar-refractivity contribution < 1.29 is 27.9 Å². The maximum absolute atomic E-state index is 11.6. The molecule has 1 saturated heterocycles. The van der Waals surface area contributed by atoms with Gasteiger partial charge in [-0.2, -0.15) is 0 Å². The highest BCUT2D eigenvalue weighted by Crippen LogP contribution is 2.19.